The summed E-state index contributed by atoms with van der Waals surface area (Å²) in [4.78, 5) is 30.3. The highest BCUT2D eigenvalue weighted by Crippen LogP contribution is 2.41. The molecule has 1 atom stereocenters. The van der Waals surface area contributed by atoms with E-state index in [1.54, 1.807) is 35.2 Å². The van der Waals surface area contributed by atoms with E-state index in [-0.39, 0.29) is 5.57 Å². The van der Waals surface area contributed by atoms with Crippen LogP contribution in [0.4, 0.5) is 0 Å². The lowest BCUT2D eigenvalue weighted by Crippen LogP contribution is -2.39. The van der Waals surface area contributed by atoms with Gasteiger partial charge in [-0.2, -0.15) is 0 Å². The van der Waals surface area contributed by atoms with Gasteiger partial charge < -0.3 is 28.6 Å². The van der Waals surface area contributed by atoms with E-state index in [9.17, 15) is 14.7 Å². The number of furan rings is 1. The molecule has 2 aromatic rings. The van der Waals surface area contributed by atoms with Crippen LogP contribution in [0.15, 0.2) is 58.4 Å². The maximum Gasteiger partial charge on any atom is 0.290 e. The Labute approximate surface area is 210 Å². The maximum absolute atomic E-state index is 13.3. The highest BCUT2D eigenvalue weighted by Gasteiger charge is 2.43. The Morgan fingerprint density at radius 3 is 2.69 bits per heavy atom. The van der Waals surface area contributed by atoms with E-state index in [4.69, 9.17) is 18.6 Å². The van der Waals surface area contributed by atoms with Crippen LogP contribution in [0.1, 0.15) is 30.7 Å². The molecule has 1 fully saturated rings. The van der Waals surface area contributed by atoms with Crippen molar-refractivity contribution in [2.45, 2.75) is 19.4 Å². The summed E-state index contributed by atoms with van der Waals surface area (Å²) in [5.74, 6) is -0.0248. The van der Waals surface area contributed by atoms with Crippen LogP contribution in [0.2, 0.25) is 0 Å². The topological polar surface area (TPSA) is 102 Å². The number of aliphatic hydroxyl groups is 1. The largest absolute Gasteiger partial charge is 0.503 e. The van der Waals surface area contributed by atoms with Crippen molar-refractivity contribution in [3.8, 4) is 11.5 Å². The van der Waals surface area contributed by atoms with E-state index >= 15 is 0 Å². The predicted molar refractivity (Wildman–Crippen MR) is 133 cm³/mol. The second kappa shape index (κ2) is 11.9. The molecule has 1 aromatic carbocycles. The number of ether oxygens (including phenoxy) is 3. The van der Waals surface area contributed by atoms with Gasteiger partial charge in [0.15, 0.2) is 23.0 Å². The minimum Gasteiger partial charge on any atom is -0.503 e. The van der Waals surface area contributed by atoms with Crippen molar-refractivity contribution >= 4 is 17.8 Å². The number of methoxy groups -OCH3 is 1. The second-order valence-electron chi connectivity index (χ2n) is 8.53. The van der Waals surface area contributed by atoms with Crippen LogP contribution in [0.5, 0.6) is 11.5 Å². The van der Waals surface area contributed by atoms with E-state index < -0.39 is 23.5 Å². The predicted octanol–water partition coefficient (Wildman–Crippen LogP) is 3.39. The van der Waals surface area contributed by atoms with Crippen molar-refractivity contribution in [1.29, 1.82) is 0 Å². The number of amides is 1. The summed E-state index contributed by atoms with van der Waals surface area (Å²) in [6, 6.07) is 7.96. The lowest BCUT2D eigenvalue weighted by atomic mass is 9.95. The molecule has 1 unspecified atom stereocenters. The van der Waals surface area contributed by atoms with Crippen molar-refractivity contribution in [3.05, 3.63) is 65.3 Å². The lowest BCUT2D eigenvalue weighted by molar-refractivity contribution is -0.129. The number of carbonyl (C=O) groups excluding carboxylic acids is 2. The summed E-state index contributed by atoms with van der Waals surface area (Å²) in [7, 11) is 1.53. The first kappa shape index (κ1) is 25.5. The molecular weight excluding hydrogens is 464 g/mol. The smallest absolute Gasteiger partial charge is 0.290 e. The minimum absolute atomic E-state index is 0.0281. The molecule has 0 aliphatic carbocycles. The van der Waals surface area contributed by atoms with Gasteiger partial charge >= 0.3 is 0 Å². The van der Waals surface area contributed by atoms with E-state index in [0.29, 0.717) is 55.6 Å². The fourth-order valence-electron chi connectivity index (χ4n) is 4.53. The molecule has 9 nitrogen and oxygen atoms in total. The molecule has 1 saturated heterocycles. The van der Waals surface area contributed by atoms with Gasteiger partial charge in [-0.15, -0.1) is 0 Å². The van der Waals surface area contributed by atoms with Gasteiger partial charge in [-0.1, -0.05) is 6.07 Å². The van der Waals surface area contributed by atoms with E-state index in [2.05, 4.69) is 4.90 Å². The number of hydrogen-bond donors (Lipinski definition) is 1. The average molecular weight is 497 g/mol. The summed E-state index contributed by atoms with van der Waals surface area (Å²) in [6.45, 7) is 6.58. The number of aliphatic hydroxyl groups excluding tert-OH is 1. The monoisotopic (exact) mass is 496 g/mol. The van der Waals surface area contributed by atoms with Crippen LogP contribution in [0.25, 0.3) is 6.08 Å². The van der Waals surface area contributed by atoms with Crippen LogP contribution in [0, 0.1) is 0 Å². The SMILES string of the molecule is CCOc1ccc(C2C(C(=O)/C=C/c3ccco3)=C(O)C(=O)N2CCCN2CCOCC2)cc1OC. The van der Waals surface area contributed by atoms with Gasteiger partial charge in [0.1, 0.15) is 5.76 Å². The van der Waals surface area contributed by atoms with Crippen LogP contribution in [0.3, 0.4) is 0 Å². The summed E-state index contributed by atoms with van der Waals surface area (Å²) >= 11 is 0. The van der Waals surface area contributed by atoms with E-state index in [0.717, 1.165) is 19.6 Å². The van der Waals surface area contributed by atoms with Gasteiger partial charge in [0.2, 0.25) is 0 Å². The normalized spacial score (nSPS) is 18.9. The molecule has 1 amide bonds. The lowest BCUT2D eigenvalue weighted by Gasteiger charge is -2.30. The van der Waals surface area contributed by atoms with Gasteiger partial charge in [-0.05, 0) is 55.3 Å². The average Bonchev–Trinajstić information content (AvgIpc) is 3.51. The van der Waals surface area contributed by atoms with Crippen LogP contribution in [-0.4, -0.2) is 79.7 Å². The Balaban J connectivity index is 1.63. The Morgan fingerprint density at radius 2 is 2.00 bits per heavy atom. The van der Waals surface area contributed by atoms with Crippen LogP contribution in [-0.2, 0) is 14.3 Å². The van der Waals surface area contributed by atoms with Crippen molar-refractivity contribution in [2.75, 3.05) is 53.1 Å². The van der Waals surface area contributed by atoms with Crippen LogP contribution >= 0.6 is 0 Å². The Bertz CT molecular complexity index is 1120. The van der Waals surface area contributed by atoms with Crippen molar-refractivity contribution < 1.29 is 33.3 Å². The third-order valence-corrected chi connectivity index (χ3v) is 6.29. The number of nitrogens with zero attached hydrogens (tertiary/aromatic N) is 2. The summed E-state index contributed by atoms with van der Waals surface area (Å²) in [5.41, 5.74) is 0.675. The first-order chi connectivity index (χ1) is 17.5. The van der Waals surface area contributed by atoms with Crippen molar-refractivity contribution in [3.63, 3.8) is 0 Å². The summed E-state index contributed by atoms with van der Waals surface area (Å²) in [5, 5.41) is 10.8. The number of benzene rings is 1. The molecule has 2 aliphatic heterocycles. The molecule has 36 heavy (non-hydrogen) atoms. The summed E-state index contributed by atoms with van der Waals surface area (Å²) in [6.07, 6.45) is 5.02. The van der Waals surface area contributed by atoms with Gasteiger partial charge in [-0.3, -0.25) is 14.5 Å². The number of carbonyl (C=O) groups is 2. The molecule has 0 bridgehead atoms. The molecule has 4 rings (SSSR count). The van der Waals surface area contributed by atoms with Gasteiger partial charge in [0.05, 0.1) is 44.8 Å². The molecule has 0 saturated carbocycles. The van der Waals surface area contributed by atoms with Gasteiger partial charge in [-0.25, -0.2) is 0 Å². The molecule has 0 spiro atoms. The van der Waals surface area contributed by atoms with E-state index in [1.165, 1.54) is 25.5 Å². The van der Waals surface area contributed by atoms with Gasteiger partial charge in [0, 0.05) is 26.2 Å². The fraction of sp³-hybridized carbons (Fsp3) is 0.407. The number of morpholine rings is 1. The Morgan fingerprint density at radius 1 is 1.19 bits per heavy atom. The van der Waals surface area contributed by atoms with Gasteiger partial charge in [0.25, 0.3) is 5.91 Å². The number of allylic oxidation sites excluding steroid dienone is 1. The first-order valence-electron chi connectivity index (χ1n) is 12.1. The first-order valence-corrected chi connectivity index (χ1v) is 12.1. The molecule has 1 N–H and O–H groups in total. The number of rotatable bonds is 11. The van der Waals surface area contributed by atoms with E-state index in [1.807, 2.05) is 6.92 Å². The number of hydrogen-bond acceptors (Lipinski definition) is 8. The van der Waals surface area contributed by atoms with Crippen LogP contribution < -0.4 is 9.47 Å². The molecule has 3 heterocycles. The molecule has 0 radical (unpaired) electrons. The van der Waals surface area contributed by atoms with Crippen molar-refractivity contribution in [2.24, 2.45) is 0 Å². The fourth-order valence-corrected chi connectivity index (χ4v) is 4.53. The minimum atomic E-state index is -0.763. The summed E-state index contributed by atoms with van der Waals surface area (Å²) < 4.78 is 21.8. The second-order valence-corrected chi connectivity index (χ2v) is 8.53. The maximum atomic E-state index is 13.3. The number of ketones is 1. The zero-order valence-electron chi connectivity index (χ0n) is 20.6. The highest BCUT2D eigenvalue weighted by molar-refractivity contribution is 6.14. The standard InChI is InChI=1S/C27H32N2O7/c1-3-35-22-10-7-19(18-23(22)33-2)25-24(21(30)9-8-20-6-4-15-36-20)26(31)27(32)29(25)12-5-11-28-13-16-34-17-14-28/h4,6-10,15,18,25,31H,3,5,11-14,16-17H2,1-2H3/b9-8+. The molecule has 9 heteroatoms. The van der Waals surface area contributed by atoms with Crippen molar-refractivity contribution in [1.82, 2.24) is 9.80 Å². The molecule has 2 aliphatic rings. The zero-order valence-corrected chi connectivity index (χ0v) is 20.6. The third kappa shape index (κ3) is 5.63. The quantitative estimate of drug-likeness (QED) is 0.473. The Hall–Kier alpha value is -3.56. The zero-order chi connectivity index (χ0) is 25.5. The molecular formula is C27H32N2O7. The third-order valence-electron chi connectivity index (χ3n) is 6.29. The molecule has 1 aromatic heterocycles. The molecule has 192 valence electrons. The Kier molecular flexibility index (Phi) is 8.45. The highest BCUT2D eigenvalue weighted by atomic mass is 16.5.